The predicted molar refractivity (Wildman–Crippen MR) is 88.7 cm³/mol. The van der Waals surface area contributed by atoms with E-state index in [1.807, 2.05) is 12.1 Å². The molecule has 2 aromatic carbocycles. The number of aromatic nitrogens is 1. The molecule has 106 valence electrons. The van der Waals surface area contributed by atoms with Crippen LogP contribution in [0.5, 0.6) is 5.75 Å². The third-order valence-electron chi connectivity index (χ3n) is 3.88. The van der Waals surface area contributed by atoms with Crippen molar-refractivity contribution in [2.45, 2.75) is 6.42 Å². The fourth-order valence-corrected chi connectivity index (χ4v) is 2.74. The van der Waals surface area contributed by atoms with Gasteiger partial charge < -0.3 is 9.30 Å². The summed E-state index contributed by atoms with van der Waals surface area (Å²) in [6.45, 7) is 4.25. The van der Waals surface area contributed by atoms with Crippen LogP contribution < -0.4 is 4.74 Å². The summed E-state index contributed by atoms with van der Waals surface area (Å²) in [6, 6.07) is 16.7. The third-order valence-corrected chi connectivity index (χ3v) is 3.88. The molecule has 3 aromatic rings. The van der Waals surface area contributed by atoms with E-state index < -0.39 is 0 Å². The lowest BCUT2D eigenvalue weighted by Gasteiger charge is -2.10. The highest BCUT2D eigenvalue weighted by atomic mass is 16.5. The monoisotopic (exact) mass is 277 g/mol. The van der Waals surface area contributed by atoms with Gasteiger partial charge >= 0.3 is 0 Å². The maximum Gasteiger partial charge on any atom is 0.118 e. The summed E-state index contributed by atoms with van der Waals surface area (Å²) in [6.07, 6.45) is 2.95. The van der Waals surface area contributed by atoms with Crippen molar-refractivity contribution >= 4 is 16.5 Å². The molecule has 0 radical (unpaired) electrons. The third kappa shape index (κ3) is 2.57. The molecule has 0 aliphatic carbocycles. The van der Waals surface area contributed by atoms with E-state index in [1.54, 1.807) is 7.11 Å². The number of ether oxygens (including phenoxy) is 1. The first-order valence-electron chi connectivity index (χ1n) is 7.04. The molecule has 0 bridgehead atoms. The zero-order valence-corrected chi connectivity index (χ0v) is 12.5. The Morgan fingerprint density at radius 1 is 1.10 bits per heavy atom. The highest BCUT2D eigenvalue weighted by molar-refractivity contribution is 5.85. The van der Waals surface area contributed by atoms with Crippen molar-refractivity contribution in [2.75, 3.05) is 7.11 Å². The number of fused-ring (bicyclic) bond motifs is 1. The molecule has 0 atom stereocenters. The number of hydrogen-bond donors (Lipinski definition) is 0. The number of methoxy groups -OCH3 is 1. The van der Waals surface area contributed by atoms with Gasteiger partial charge in [-0.25, -0.2) is 0 Å². The molecule has 0 N–H and O–H groups in total. The highest BCUT2D eigenvalue weighted by Crippen LogP contribution is 2.25. The average molecular weight is 277 g/mol. The molecular formula is C19H19NO. The van der Waals surface area contributed by atoms with Crippen LogP contribution in [0.15, 0.2) is 61.3 Å². The summed E-state index contributed by atoms with van der Waals surface area (Å²) < 4.78 is 7.37. The summed E-state index contributed by atoms with van der Waals surface area (Å²) in [4.78, 5) is 0. The van der Waals surface area contributed by atoms with Gasteiger partial charge in [0.05, 0.1) is 12.6 Å². The van der Waals surface area contributed by atoms with Crippen molar-refractivity contribution in [2.24, 2.45) is 7.05 Å². The van der Waals surface area contributed by atoms with Gasteiger partial charge in [-0.3, -0.25) is 0 Å². The lowest BCUT2D eigenvalue weighted by atomic mass is 9.98. The molecule has 0 fully saturated rings. The fraction of sp³-hybridized carbons (Fsp3) is 0.158. The second-order valence-electron chi connectivity index (χ2n) is 5.29. The summed E-state index contributed by atoms with van der Waals surface area (Å²) in [5.74, 6) is 0.871. The van der Waals surface area contributed by atoms with E-state index in [0.29, 0.717) is 0 Å². The molecule has 0 aliphatic heterocycles. The first-order chi connectivity index (χ1) is 10.2. The lowest BCUT2D eigenvalue weighted by Crippen LogP contribution is -1.95. The standard InChI is InChI=1S/C19H19NO/c1-14(15-7-9-18(21-3)10-8-15)13-17-6-4-5-16-11-12-20(2)19(16)17/h4-12H,1,13H2,2-3H3. The van der Waals surface area contributed by atoms with Crippen LogP contribution in [0.4, 0.5) is 0 Å². The van der Waals surface area contributed by atoms with Crippen molar-refractivity contribution in [1.29, 1.82) is 0 Å². The molecule has 21 heavy (non-hydrogen) atoms. The maximum absolute atomic E-state index is 5.20. The van der Waals surface area contributed by atoms with Gasteiger partial charge in [0.2, 0.25) is 0 Å². The molecule has 0 aliphatic rings. The minimum Gasteiger partial charge on any atom is -0.497 e. The van der Waals surface area contributed by atoms with E-state index in [9.17, 15) is 0 Å². The van der Waals surface area contributed by atoms with Crippen molar-refractivity contribution in [3.8, 4) is 5.75 Å². The Kier molecular flexibility index (Phi) is 3.53. The van der Waals surface area contributed by atoms with Crippen LogP contribution in [0.25, 0.3) is 16.5 Å². The van der Waals surface area contributed by atoms with E-state index in [2.05, 4.69) is 60.8 Å². The SMILES string of the molecule is C=C(Cc1cccc2ccn(C)c12)c1ccc(OC)cc1. The maximum atomic E-state index is 5.20. The Bertz CT molecular complexity index is 781. The Morgan fingerprint density at radius 2 is 1.86 bits per heavy atom. The topological polar surface area (TPSA) is 14.2 Å². The molecule has 0 saturated carbocycles. The van der Waals surface area contributed by atoms with Crippen LogP contribution in [-0.2, 0) is 13.5 Å². The molecule has 3 rings (SSSR count). The van der Waals surface area contributed by atoms with E-state index in [1.165, 1.54) is 16.5 Å². The van der Waals surface area contributed by atoms with Crippen LogP contribution in [0.3, 0.4) is 0 Å². The first kappa shape index (κ1) is 13.5. The summed E-state index contributed by atoms with van der Waals surface area (Å²) in [5, 5.41) is 1.28. The number of allylic oxidation sites excluding steroid dienone is 1. The van der Waals surface area contributed by atoms with Crippen LogP contribution in [-0.4, -0.2) is 11.7 Å². The number of nitrogens with zero attached hydrogens (tertiary/aromatic N) is 1. The van der Waals surface area contributed by atoms with E-state index in [0.717, 1.165) is 23.3 Å². The fourth-order valence-electron chi connectivity index (χ4n) is 2.74. The molecule has 1 aromatic heterocycles. The van der Waals surface area contributed by atoms with Crippen LogP contribution in [0.1, 0.15) is 11.1 Å². The molecule has 0 spiro atoms. The van der Waals surface area contributed by atoms with E-state index in [-0.39, 0.29) is 0 Å². The van der Waals surface area contributed by atoms with Gasteiger partial charge in [-0.1, -0.05) is 36.9 Å². The van der Waals surface area contributed by atoms with Crippen molar-refractivity contribution in [3.63, 3.8) is 0 Å². The molecule has 2 nitrogen and oxygen atoms in total. The Hall–Kier alpha value is -2.48. The molecule has 2 heteroatoms. The smallest absolute Gasteiger partial charge is 0.118 e. The zero-order valence-electron chi connectivity index (χ0n) is 12.5. The predicted octanol–water partition coefficient (Wildman–Crippen LogP) is 4.44. The summed E-state index contributed by atoms with van der Waals surface area (Å²) in [7, 11) is 3.77. The second kappa shape index (κ2) is 5.49. The van der Waals surface area contributed by atoms with Crippen molar-refractivity contribution < 1.29 is 4.74 Å². The van der Waals surface area contributed by atoms with Crippen LogP contribution in [0.2, 0.25) is 0 Å². The molecule has 0 unspecified atom stereocenters. The number of para-hydroxylation sites is 1. The number of benzene rings is 2. The Labute approximate surface area is 125 Å². The normalized spacial score (nSPS) is 10.8. The van der Waals surface area contributed by atoms with Gasteiger partial charge in [0, 0.05) is 13.2 Å². The molecular weight excluding hydrogens is 258 g/mol. The van der Waals surface area contributed by atoms with Crippen LogP contribution >= 0.6 is 0 Å². The molecule has 0 saturated heterocycles. The van der Waals surface area contributed by atoms with Crippen LogP contribution in [0, 0.1) is 0 Å². The lowest BCUT2D eigenvalue weighted by molar-refractivity contribution is 0.415. The van der Waals surface area contributed by atoms with Gasteiger partial charge in [0.25, 0.3) is 0 Å². The Morgan fingerprint density at radius 3 is 2.57 bits per heavy atom. The number of rotatable bonds is 4. The van der Waals surface area contributed by atoms with Gasteiger partial charge in [0.15, 0.2) is 0 Å². The molecule has 1 heterocycles. The minimum atomic E-state index is 0.849. The summed E-state index contributed by atoms with van der Waals surface area (Å²) >= 11 is 0. The van der Waals surface area contributed by atoms with E-state index >= 15 is 0 Å². The second-order valence-corrected chi connectivity index (χ2v) is 5.29. The number of hydrogen-bond acceptors (Lipinski definition) is 1. The van der Waals surface area contributed by atoms with Gasteiger partial charge in [0.1, 0.15) is 5.75 Å². The highest BCUT2D eigenvalue weighted by Gasteiger charge is 2.07. The number of aryl methyl sites for hydroxylation is 1. The van der Waals surface area contributed by atoms with Gasteiger partial charge in [-0.2, -0.15) is 0 Å². The first-order valence-corrected chi connectivity index (χ1v) is 7.04. The van der Waals surface area contributed by atoms with Crippen molar-refractivity contribution in [3.05, 3.63) is 72.4 Å². The zero-order chi connectivity index (χ0) is 14.8. The van der Waals surface area contributed by atoms with E-state index in [4.69, 9.17) is 4.74 Å². The Balaban J connectivity index is 1.90. The quantitative estimate of drug-likeness (QED) is 0.687. The molecule has 0 amide bonds. The minimum absolute atomic E-state index is 0.849. The largest absolute Gasteiger partial charge is 0.497 e. The average Bonchev–Trinajstić information content (AvgIpc) is 2.90. The summed E-state index contributed by atoms with van der Waals surface area (Å²) in [5.41, 5.74) is 4.86. The van der Waals surface area contributed by atoms with Gasteiger partial charge in [-0.05, 0) is 46.7 Å². The van der Waals surface area contributed by atoms with Gasteiger partial charge in [-0.15, -0.1) is 0 Å². The van der Waals surface area contributed by atoms with Crippen molar-refractivity contribution in [1.82, 2.24) is 4.57 Å².